The molecule has 3 heterocycles. The van der Waals surface area contributed by atoms with E-state index < -0.39 is 52.6 Å². The molecule has 10 heteroatoms. The van der Waals surface area contributed by atoms with Crippen LogP contribution in [0, 0.1) is 22.5 Å². The maximum absolute atomic E-state index is 13.2. The molecule has 2 N–H and O–H groups in total. The molecule has 2 saturated heterocycles. The normalized spacial score (nSPS) is 39.3. The van der Waals surface area contributed by atoms with E-state index in [1.54, 1.807) is 39.2 Å². The number of epoxide rings is 1. The quantitative estimate of drug-likeness (QED) is 0.225. The van der Waals surface area contributed by atoms with Gasteiger partial charge in [0.05, 0.1) is 43.2 Å². The van der Waals surface area contributed by atoms with Crippen molar-refractivity contribution in [2.45, 2.75) is 104 Å². The molecule has 0 aliphatic carbocycles. The number of ketones is 1. The van der Waals surface area contributed by atoms with Crippen LogP contribution in [0.5, 0.6) is 0 Å². The molecule has 0 aromatic heterocycles. The topological polar surface area (TPSA) is 136 Å². The lowest BCUT2D eigenvalue weighted by atomic mass is 9.73. The molecule has 9 nitrogen and oxygen atoms in total. The van der Waals surface area contributed by atoms with Crippen LogP contribution in [0.2, 0.25) is 0 Å². The van der Waals surface area contributed by atoms with Gasteiger partial charge in [-0.3, -0.25) is 9.59 Å². The van der Waals surface area contributed by atoms with E-state index in [0.717, 1.165) is 31.0 Å². The van der Waals surface area contributed by atoms with Gasteiger partial charge in [0.25, 0.3) is 0 Å². The highest BCUT2D eigenvalue weighted by atomic mass is 32.2. The number of ether oxygens (including phenoxy) is 2. The highest BCUT2D eigenvalue weighted by molar-refractivity contribution is 8.05. The van der Waals surface area contributed by atoms with Crippen molar-refractivity contribution in [1.29, 1.82) is 0 Å². The van der Waals surface area contributed by atoms with Gasteiger partial charge >= 0.3 is 11.9 Å². The number of hydrogen-bond acceptors (Lipinski definition) is 9. The average molecular weight is 552 g/mol. The highest BCUT2D eigenvalue weighted by Crippen LogP contribution is 2.42. The van der Waals surface area contributed by atoms with Crippen molar-refractivity contribution < 1.29 is 38.7 Å². The first-order valence-electron chi connectivity index (χ1n) is 13.2. The second kappa shape index (κ2) is 11.7. The Balaban J connectivity index is 1.86. The van der Waals surface area contributed by atoms with Crippen LogP contribution in [-0.4, -0.2) is 63.0 Å². The van der Waals surface area contributed by atoms with Gasteiger partial charge in [-0.15, -0.1) is 0 Å². The fourth-order valence-corrected chi connectivity index (χ4v) is 6.09. The maximum Gasteiger partial charge on any atom is 0.321 e. The number of carbonyl (C=O) groups excluding carboxylic acids is 3. The summed E-state index contributed by atoms with van der Waals surface area (Å²) in [5.74, 6) is -2.47. The molecule has 0 spiro atoms. The summed E-state index contributed by atoms with van der Waals surface area (Å²) in [5, 5.41) is 36.6. The van der Waals surface area contributed by atoms with E-state index >= 15 is 0 Å². The zero-order valence-corrected chi connectivity index (χ0v) is 24.0. The van der Waals surface area contributed by atoms with E-state index in [1.165, 1.54) is 6.92 Å². The molecule has 1 amide bonds. The standard InChI is InChI=1S/C28H41NO8S/c1-15-9-8-10-21-23(36-21)12-22(16(2)11-20-14-38-19(5)29(20,35)18(4)30)37-25(32)13-24(31)28(6,7)27(34)17(3)26(15)33/h11,14-15,17,21-24,26,31,33H,5,8-10,12-13H2,1-4,6-7H3/b16-11+/t15-,17+,21+,22-,23-,24-,26-,29?/m0/s1. The number of aliphatic hydroxyl groups is 2. The molecule has 3 aliphatic rings. The van der Waals surface area contributed by atoms with E-state index in [0.29, 0.717) is 12.0 Å². The molecular formula is C28H41NO8S. The molecule has 3 rings (SSSR count). The van der Waals surface area contributed by atoms with Gasteiger partial charge in [0.1, 0.15) is 11.9 Å². The Morgan fingerprint density at radius 1 is 1.21 bits per heavy atom. The number of allylic oxidation sites excluding steroid dienone is 1. The Morgan fingerprint density at radius 3 is 2.50 bits per heavy atom. The number of hydroxylamine groups is 3. The third-order valence-electron chi connectivity index (χ3n) is 8.25. The van der Waals surface area contributed by atoms with Gasteiger partial charge < -0.3 is 24.9 Å². The molecule has 38 heavy (non-hydrogen) atoms. The van der Waals surface area contributed by atoms with Crippen molar-refractivity contribution in [3.05, 3.63) is 39.6 Å². The molecule has 0 saturated carbocycles. The summed E-state index contributed by atoms with van der Waals surface area (Å²) >= 11 is 1.09. The van der Waals surface area contributed by atoms with Crippen LogP contribution in [0.3, 0.4) is 0 Å². The van der Waals surface area contributed by atoms with Crippen LogP contribution in [0.1, 0.15) is 73.6 Å². The molecule has 2 fully saturated rings. The first-order chi connectivity index (χ1) is 17.6. The molecule has 212 valence electrons. The van der Waals surface area contributed by atoms with E-state index in [-0.39, 0.29) is 34.6 Å². The van der Waals surface area contributed by atoms with Crippen LogP contribution in [-0.2, 0) is 23.9 Å². The van der Waals surface area contributed by atoms with Crippen LogP contribution in [0.25, 0.3) is 0 Å². The number of nitrogens with zero attached hydrogens (tertiary/aromatic N) is 1. The van der Waals surface area contributed by atoms with Gasteiger partial charge in [0.2, 0.25) is 0 Å². The summed E-state index contributed by atoms with van der Waals surface area (Å²) < 4.78 is 10.3. The van der Waals surface area contributed by atoms with Crippen molar-refractivity contribution in [1.82, 2.24) is 0 Å². The number of amides is 1. The third-order valence-corrected chi connectivity index (χ3v) is 9.14. The summed E-state index contributed by atoms with van der Waals surface area (Å²) in [4.78, 5) is 38.4. The molecule has 3 aliphatic heterocycles. The third kappa shape index (κ3) is 6.32. The predicted molar refractivity (Wildman–Crippen MR) is 144 cm³/mol. The fourth-order valence-electron chi connectivity index (χ4n) is 5.24. The van der Waals surface area contributed by atoms with E-state index in [9.17, 15) is 29.8 Å². The van der Waals surface area contributed by atoms with Gasteiger partial charge in [-0.05, 0) is 49.6 Å². The Bertz CT molecular complexity index is 1040. The van der Waals surface area contributed by atoms with Gasteiger partial charge in [0.15, 0.2) is 10.7 Å². The number of rotatable bonds is 2. The number of aliphatic hydroxyl groups excluding tert-OH is 2. The fraction of sp³-hybridized carbons (Fsp3) is 0.679. The number of fused-ring (bicyclic) bond motifs is 1. The average Bonchev–Trinajstić information content (AvgIpc) is 3.52. The van der Waals surface area contributed by atoms with Gasteiger partial charge in [0, 0.05) is 23.8 Å². The molecule has 0 aromatic rings. The number of thioether (sulfide) groups is 1. The molecule has 1 unspecified atom stereocenters. The first kappa shape index (κ1) is 30.7. The minimum Gasteiger partial charge on any atom is -0.614 e. The minimum absolute atomic E-state index is 0.0162. The van der Waals surface area contributed by atoms with Crippen LogP contribution in [0.4, 0.5) is 0 Å². The number of cyclic esters (lactones) is 1. The molecule has 0 bridgehead atoms. The predicted octanol–water partition coefficient (Wildman–Crippen LogP) is 4.09. The Morgan fingerprint density at radius 2 is 1.87 bits per heavy atom. The van der Waals surface area contributed by atoms with E-state index in [1.807, 2.05) is 6.92 Å². The smallest absolute Gasteiger partial charge is 0.321 e. The Kier molecular flexibility index (Phi) is 9.49. The molecular weight excluding hydrogens is 510 g/mol. The van der Waals surface area contributed by atoms with E-state index in [4.69, 9.17) is 9.47 Å². The lowest BCUT2D eigenvalue weighted by molar-refractivity contribution is -0.706. The summed E-state index contributed by atoms with van der Waals surface area (Å²) in [7, 11) is 0. The SMILES string of the molecule is C=C1SC=C(/C=C(\C)[C@@H]2C[C@@H]3O[C@@H]3CCC[C@H](C)[C@H](O)[C@@H](C)C(=O)C(C)(C)[C@@H](O)CC(=O)O2)[N+]1([O-])C(C)=O. The van der Waals surface area contributed by atoms with Crippen molar-refractivity contribution in [2.24, 2.45) is 17.3 Å². The van der Waals surface area contributed by atoms with Crippen LogP contribution < -0.4 is 0 Å². The van der Waals surface area contributed by atoms with Gasteiger partial charge in [-0.2, -0.15) is 0 Å². The van der Waals surface area contributed by atoms with Crippen molar-refractivity contribution in [3.63, 3.8) is 0 Å². The van der Waals surface area contributed by atoms with Gasteiger partial charge in [-0.1, -0.05) is 34.1 Å². The van der Waals surface area contributed by atoms with Crippen molar-refractivity contribution in [3.8, 4) is 0 Å². The maximum atomic E-state index is 13.2. The van der Waals surface area contributed by atoms with Crippen molar-refractivity contribution in [2.75, 3.05) is 0 Å². The molecule has 0 radical (unpaired) electrons. The second-order valence-corrected chi connectivity index (χ2v) is 12.4. The number of carbonyl (C=O) groups is 3. The Labute approximate surface area is 229 Å². The largest absolute Gasteiger partial charge is 0.614 e. The summed E-state index contributed by atoms with van der Waals surface area (Å²) in [6.07, 6.45) is 0.682. The Hall–Kier alpha value is -1.82. The summed E-state index contributed by atoms with van der Waals surface area (Å²) in [5.41, 5.74) is -0.533. The molecule has 8 atom stereocenters. The zero-order chi connectivity index (χ0) is 28.6. The monoisotopic (exact) mass is 551 g/mol. The number of esters is 1. The number of quaternary nitrogens is 1. The number of Topliss-reactive ketones (excluding diaryl/α,β-unsaturated/α-hetero) is 1. The molecule has 0 aromatic carbocycles. The van der Waals surface area contributed by atoms with Crippen LogP contribution in [0.15, 0.2) is 34.4 Å². The van der Waals surface area contributed by atoms with Crippen molar-refractivity contribution >= 4 is 29.4 Å². The van der Waals surface area contributed by atoms with Gasteiger partial charge in [-0.25, -0.2) is 9.44 Å². The first-order valence-corrected chi connectivity index (χ1v) is 14.1. The summed E-state index contributed by atoms with van der Waals surface area (Å²) in [6, 6.07) is 0. The second-order valence-electron chi connectivity index (χ2n) is 11.5. The lowest BCUT2D eigenvalue weighted by Crippen LogP contribution is -2.45. The minimum atomic E-state index is -1.32. The highest BCUT2D eigenvalue weighted by Gasteiger charge is 2.45. The zero-order valence-electron chi connectivity index (χ0n) is 23.1. The number of hydrogen-bond donors (Lipinski definition) is 2. The lowest BCUT2D eigenvalue weighted by Gasteiger charge is -2.35. The van der Waals surface area contributed by atoms with E-state index in [2.05, 4.69) is 6.58 Å². The summed E-state index contributed by atoms with van der Waals surface area (Å²) in [6.45, 7) is 13.4. The van der Waals surface area contributed by atoms with Crippen LogP contribution >= 0.6 is 11.8 Å².